The molecule has 0 saturated heterocycles. The van der Waals surface area contributed by atoms with Crippen molar-refractivity contribution >= 4 is 11.7 Å². The van der Waals surface area contributed by atoms with Crippen molar-refractivity contribution in [1.82, 2.24) is 0 Å². The highest BCUT2D eigenvalue weighted by molar-refractivity contribution is 6.05. The van der Waals surface area contributed by atoms with Gasteiger partial charge in [-0.3, -0.25) is 0 Å². The van der Waals surface area contributed by atoms with Crippen LogP contribution in [0.15, 0.2) is 53.7 Å². The van der Waals surface area contributed by atoms with Gasteiger partial charge in [-0.25, -0.2) is 4.79 Å². The lowest BCUT2D eigenvalue weighted by Gasteiger charge is -2.29. The number of benzene rings is 2. The van der Waals surface area contributed by atoms with Crippen LogP contribution >= 0.6 is 0 Å². The van der Waals surface area contributed by atoms with Crippen molar-refractivity contribution in [3.8, 4) is 11.5 Å². The highest BCUT2D eigenvalue weighted by Gasteiger charge is 2.54. The number of hydrogen-bond donors (Lipinski definition) is 1. The second-order valence-electron chi connectivity index (χ2n) is 6.07. The number of fused-ring (bicyclic) bond motifs is 1. The minimum absolute atomic E-state index is 0.0649. The van der Waals surface area contributed by atoms with Gasteiger partial charge in [0.15, 0.2) is 11.5 Å². The predicted molar refractivity (Wildman–Crippen MR) is 91.0 cm³/mol. The third-order valence-corrected chi connectivity index (χ3v) is 4.54. The Bertz CT molecular complexity index is 866. The quantitative estimate of drug-likeness (QED) is 0.846. The normalized spacial score (nSPS) is 21.7. The van der Waals surface area contributed by atoms with E-state index >= 15 is 0 Å². The van der Waals surface area contributed by atoms with Crippen molar-refractivity contribution in [2.75, 3.05) is 13.9 Å². The van der Waals surface area contributed by atoms with Gasteiger partial charge >= 0.3 is 5.97 Å². The molecular formula is C19H17NO6. The van der Waals surface area contributed by atoms with Crippen LogP contribution in [0.3, 0.4) is 0 Å². The molecular weight excluding hydrogens is 338 g/mol. The molecule has 1 N–H and O–H groups in total. The Morgan fingerprint density at radius 3 is 2.73 bits per heavy atom. The fraction of sp³-hybridized carbons (Fsp3) is 0.263. The zero-order chi connectivity index (χ0) is 18.1. The Labute approximate surface area is 149 Å². The fourth-order valence-electron chi connectivity index (χ4n) is 3.13. The number of carbonyl (C=O) groups is 1. The Balaban J connectivity index is 1.65. The van der Waals surface area contributed by atoms with Crippen LogP contribution in [0.1, 0.15) is 23.7 Å². The smallest absolute Gasteiger partial charge is 0.356 e. The van der Waals surface area contributed by atoms with Crippen molar-refractivity contribution in [3.05, 3.63) is 59.7 Å². The average Bonchev–Trinajstić information content (AvgIpc) is 3.34. The van der Waals surface area contributed by atoms with Gasteiger partial charge in [-0.2, -0.15) is 0 Å². The number of aliphatic hydroxyl groups excluding tert-OH is 1. The van der Waals surface area contributed by atoms with E-state index in [2.05, 4.69) is 5.16 Å². The van der Waals surface area contributed by atoms with E-state index in [1.165, 1.54) is 7.11 Å². The van der Waals surface area contributed by atoms with E-state index in [1.54, 1.807) is 42.5 Å². The van der Waals surface area contributed by atoms with Crippen LogP contribution in [-0.4, -0.2) is 36.3 Å². The van der Waals surface area contributed by atoms with Gasteiger partial charge in [0, 0.05) is 5.56 Å². The molecule has 0 bridgehead atoms. The molecule has 134 valence electrons. The van der Waals surface area contributed by atoms with Crippen LogP contribution in [0.5, 0.6) is 11.5 Å². The average molecular weight is 355 g/mol. The first-order valence-electron chi connectivity index (χ1n) is 8.10. The lowest BCUT2D eigenvalue weighted by Crippen LogP contribution is -2.45. The molecule has 0 aliphatic carbocycles. The molecule has 2 aliphatic rings. The summed E-state index contributed by atoms with van der Waals surface area (Å²) in [5.74, 6) is 0.564. The van der Waals surface area contributed by atoms with Crippen LogP contribution in [0.4, 0.5) is 0 Å². The van der Waals surface area contributed by atoms with Crippen molar-refractivity contribution in [3.63, 3.8) is 0 Å². The SMILES string of the molecule is COC(=O)[C@@]1([C@H](O)c2ccccc2)CC(c2ccc3c(c2)OCO3)=NO1. The van der Waals surface area contributed by atoms with Gasteiger partial charge in [-0.1, -0.05) is 35.5 Å². The van der Waals surface area contributed by atoms with Crippen molar-refractivity contribution in [2.24, 2.45) is 5.16 Å². The van der Waals surface area contributed by atoms with Crippen LogP contribution in [0.2, 0.25) is 0 Å². The van der Waals surface area contributed by atoms with Crippen LogP contribution < -0.4 is 9.47 Å². The second kappa shape index (κ2) is 6.34. The Morgan fingerprint density at radius 1 is 1.19 bits per heavy atom. The highest BCUT2D eigenvalue weighted by Crippen LogP contribution is 2.40. The standard InChI is InChI=1S/C19H17NO6/c1-23-18(22)19(17(21)12-5-3-2-4-6-12)10-14(20-26-19)13-7-8-15-16(9-13)25-11-24-15/h2-9,17,21H,10-11H2,1H3/t17-,19+/m1/s1. The first kappa shape index (κ1) is 16.4. The molecule has 2 aromatic rings. The van der Waals surface area contributed by atoms with Crippen molar-refractivity contribution in [2.45, 2.75) is 18.1 Å². The van der Waals surface area contributed by atoms with Gasteiger partial charge in [0.2, 0.25) is 6.79 Å². The molecule has 0 fully saturated rings. The molecule has 0 radical (unpaired) electrons. The Kier molecular flexibility index (Phi) is 4.00. The summed E-state index contributed by atoms with van der Waals surface area (Å²) in [5, 5.41) is 14.9. The number of methoxy groups -OCH3 is 1. The monoisotopic (exact) mass is 355 g/mol. The van der Waals surface area contributed by atoms with Crippen molar-refractivity contribution in [1.29, 1.82) is 0 Å². The highest BCUT2D eigenvalue weighted by atomic mass is 16.7. The Hall–Kier alpha value is -3.06. The van der Waals surface area contributed by atoms with Crippen LogP contribution in [0.25, 0.3) is 0 Å². The minimum Gasteiger partial charge on any atom is -0.466 e. The van der Waals surface area contributed by atoms with Crippen molar-refractivity contribution < 1.29 is 28.9 Å². The molecule has 0 aromatic heterocycles. The third-order valence-electron chi connectivity index (χ3n) is 4.54. The molecule has 0 unspecified atom stereocenters. The molecule has 7 nitrogen and oxygen atoms in total. The number of rotatable bonds is 4. The molecule has 2 aliphatic heterocycles. The molecule has 0 saturated carbocycles. The van der Waals surface area contributed by atoms with Gasteiger partial charge in [-0.05, 0) is 23.8 Å². The molecule has 2 atom stereocenters. The molecule has 2 aromatic carbocycles. The topological polar surface area (TPSA) is 86.6 Å². The summed E-state index contributed by atoms with van der Waals surface area (Å²) in [6.45, 7) is 0.167. The number of aliphatic hydroxyl groups is 1. The number of hydrogen-bond acceptors (Lipinski definition) is 7. The van der Waals surface area contributed by atoms with E-state index in [0.29, 0.717) is 22.8 Å². The van der Waals surface area contributed by atoms with Gasteiger partial charge in [-0.15, -0.1) is 0 Å². The summed E-state index contributed by atoms with van der Waals surface area (Å²) in [4.78, 5) is 18.0. The lowest BCUT2D eigenvalue weighted by molar-refractivity contribution is -0.182. The molecule has 0 amide bonds. The van der Waals surface area contributed by atoms with E-state index in [1.807, 2.05) is 6.07 Å². The Morgan fingerprint density at radius 2 is 1.96 bits per heavy atom. The summed E-state index contributed by atoms with van der Waals surface area (Å²) in [5.41, 5.74) is 0.144. The number of oxime groups is 1. The van der Waals surface area contributed by atoms with Crippen LogP contribution in [-0.2, 0) is 14.4 Å². The summed E-state index contributed by atoms with van der Waals surface area (Å²) >= 11 is 0. The maximum atomic E-state index is 12.5. The summed E-state index contributed by atoms with van der Waals surface area (Å²) in [7, 11) is 1.25. The lowest BCUT2D eigenvalue weighted by atomic mass is 9.85. The zero-order valence-corrected chi connectivity index (χ0v) is 14.0. The summed E-state index contributed by atoms with van der Waals surface area (Å²) in [6.07, 6.45) is -1.17. The molecule has 0 spiro atoms. The first-order chi connectivity index (χ1) is 12.6. The zero-order valence-electron chi connectivity index (χ0n) is 14.0. The van der Waals surface area contributed by atoms with E-state index in [9.17, 15) is 9.90 Å². The molecule has 7 heteroatoms. The third kappa shape index (κ3) is 2.57. The molecule has 2 heterocycles. The molecule has 26 heavy (non-hydrogen) atoms. The molecule has 4 rings (SSSR count). The number of ether oxygens (including phenoxy) is 3. The van der Waals surface area contributed by atoms with E-state index in [0.717, 1.165) is 5.56 Å². The number of esters is 1. The maximum absolute atomic E-state index is 12.5. The minimum atomic E-state index is -1.64. The van der Waals surface area contributed by atoms with Gasteiger partial charge in [0.25, 0.3) is 5.60 Å². The second-order valence-corrected chi connectivity index (χ2v) is 6.07. The van der Waals surface area contributed by atoms with E-state index in [-0.39, 0.29) is 13.2 Å². The maximum Gasteiger partial charge on any atom is 0.356 e. The number of nitrogens with zero attached hydrogens (tertiary/aromatic N) is 1. The fourth-order valence-corrected chi connectivity index (χ4v) is 3.13. The van der Waals surface area contributed by atoms with E-state index < -0.39 is 17.7 Å². The largest absolute Gasteiger partial charge is 0.466 e. The first-order valence-corrected chi connectivity index (χ1v) is 8.10. The van der Waals surface area contributed by atoms with Gasteiger partial charge < -0.3 is 24.2 Å². The van der Waals surface area contributed by atoms with Gasteiger partial charge in [0.05, 0.1) is 19.2 Å². The van der Waals surface area contributed by atoms with Gasteiger partial charge in [0.1, 0.15) is 6.10 Å². The summed E-state index contributed by atoms with van der Waals surface area (Å²) in [6, 6.07) is 14.2. The number of carbonyl (C=O) groups excluding carboxylic acids is 1. The van der Waals surface area contributed by atoms with E-state index in [4.69, 9.17) is 19.0 Å². The predicted octanol–water partition coefficient (Wildman–Crippen LogP) is 2.19. The summed E-state index contributed by atoms with van der Waals surface area (Å²) < 4.78 is 15.6. The van der Waals surface area contributed by atoms with Crippen LogP contribution in [0, 0.1) is 0 Å².